The predicted octanol–water partition coefficient (Wildman–Crippen LogP) is 2.78. The van der Waals surface area contributed by atoms with Crippen molar-refractivity contribution in [3.63, 3.8) is 0 Å². The Balaban J connectivity index is 2.74. The van der Waals surface area contributed by atoms with Crippen molar-refractivity contribution in [2.24, 2.45) is 5.92 Å². The number of hydrogen-bond donors (Lipinski definition) is 0. The summed E-state index contributed by atoms with van der Waals surface area (Å²) in [5.74, 6) is 0.714. The largest absolute Gasteiger partial charge is 0.490 e. The molecule has 0 N–H and O–H groups in total. The lowest BCUT2D eigenvalue weighted by molar-refractivity contribution is -0.385. The molecule has 17 heavy (non-hydrogen) atoms. The van der Waals surface area contributed by atoms with Gasteiger partial charge < -0.3 is 9.47 Å². The Hall–Kier alpha value is -1.62. The topological polar surface area (TPSA) is 61.6 Å². The van der Waals surface area contributed by atoms with Gasteiger partial charge in [-0.3, -0.25) is 10.1 Å². The van der Waals surface area contributed by atoms with E-state index in [-0.39, 0.29) is 11.4 Å². The van der Waals surface area contributed by atoms with E-state index in [1.54, 1.807) is 12.1 Å². The smallest absolute Gasteiger partial charge is 0.311 e. The minimum atomic E-state index is -0.454. The van der Waals surface area contributed by atoms with Crippen LogP contribution in [0.15, 0.2) is 18.2 Å². The number of rotatable bonds is 6. The molecule has 0 heterocycles. The molecule has 0 aliphatic carbocycles. The molecule has 0 spiro atoms. The highest BCUT2D eigenvalue weighted by molar-refractivity contribution is 5.48. The summed E-state index contributed by atoms with van der Waals surface area (Å²) in [7, 11) is 1.41. The first-order valence-electron chi connectivity index (χ1n) is 5.43. The van der Waals surface area contributed by atoms with E-state index in [4.69, 9.17) is 9.47 Å². The molecule has 0 fully saturated rings. The van der Waals surface area contributed by atoms with Crippen LogP contribution in [-0.2, 0) is 11.3 Å². The van der Waals surface area contributed by atoms with Gasteiger partial charge in [0.25, 0.3) is 0 Å². The first-order valence-corrected chi connectivity index (χ1v) is 5.43. The molecule has 0 saturated carbocycles. The summed E-state index contributed by atoms with van der Waals surface area (Å²) < 4.78 is 10.3. The lowest BCUT2D eigenvalue weighted by Gasteiger charge is -2.08. The minimum Gasteiger partial charge on any atom is -0.490 e. The summed E-state index contributed by atoms with van der Waals surface area (Å²) in [5, 5.41) is 10.8. The van der Waals surface area contributed by atoms with E-state index in [2.05, 4.69) is 13.8 Å². The van der Waals surface area contributed by atoms with Gasteiger partial charge in [-0.05, 0) is 17.5 Å². The van der Waals surface area contributed by atoms with Crippen molar-refractivity contribution in [2.45, 2.75) is 20.5 Å². The quantitative estimate of drug-likeness (QED) is 0.565. The van der Waals surface area contributed by atoms with Gasteiger partial charge in [-0.15, -0.1) is 0 Å². The van der Waals surface area contributed by atoms with Crippen LogP contribution in [0, 0.1) is 16.0 Å². The minimum absolute atomic E-state index is 0.0295. The molecule has 5 heteroatoms. The fourth-order valence-corrected chi connectivity index (χ4v) is 1.38. The Morgan fingerprint density at radius 2 is 2.12 bits per heavy atom. The number of nitro benzene ring substituents is 1. The highest BCUT2D eigenvalue weighted by Gasteiger charge is 2.14. The molecule has 0 saturated heterocycles. The summed E-state index contributed by atoms with van der Waals surface area (Å²) in [5.41, 5.74) is 0.747. The van der Waals surface area contributed by atoms with Crippen LogP contribution in [0.3, 0.4) is 0 Å². The second kappa shape index (κ2) is 6.20. The van der Waals surface area contributed by atoms with Gasteiger partial charge in [-0.2, -0.15) is 0 Å². The first-order chi connectivity index (χ1) is 8.04. The van der Waals surface area contributed by atoms with E-state index in [1.807, 2.05) is 0 Å². The molecule has 0 bridgehead atoms. The maximum Gasteiger partial charge on any atom is 0.311 e. The van der Waals surface area contributed by atoms with Crippen LogP contribution in [0.25, 0.3) is 0 Å². The molecule has 0 atom stereocenters. The van der Waals surface area contributed by atoms with Crippen molar-refractivity contribution < 1.29 is 14.4 Å². The Labute approximate surface area is 101 Å². The third-order valence-electron chi connectivity index (χ3n) is 2.16. The van der Waals surface area contributed by atoms with E-state index in [0.29, 0.717) is 19.1 Å². The van der Waals surface area contributed by atoms with E-state index >= 15 is 0 Å². The fourth-order valence-electron chi connectivity index (χ4n) is 1.38. The summed E-state index contributed by atoms with van der Waals surface area (Å²) >= 11 is 0. The lowest BCUT2D eigenvalue weighted by atomic mass is 10.2. The SMILES string of the molecule is COc1ccc(COCC(C)C)cc1[N+](=O)[O-]. The zero-order valence-electron chi connectivity index (χ0n) is 10.3. The molecule has 1 rings (SSSR count). The van der Waals surface area contributed by atoms with E-state index in [1.165, 1.54) is 13.2 Å². The lowest BCUT2D eigenvalue weighted by Crippen LogP contribution is -2.02. The zero-order valence-corrected chi connectivity index (χ0v) is 10.3. The molecule has 94 valence electrons. The monoisotopic (exact) mass is 239 g/mol. The van der Waals surface area contributed by atoms with Gasteiger partial charge in [0.1, 0.15) is 0 Å². The molecule has 0 aliphatic rings. The molecule has 0 radical (unpaired) electrons. The van der Waals surface area contributed by atoms with Crippen molar-refractivity contribution in [2.75, 3.05) is 13.7 Å². The number of benzene rings is 1. The van der Waals surface area contributed by atoms with E-state index in [9.17, 15) is 10.1 Å². The number of nitrogens with zero attached hydrogens (tertiary/aromatic N) is 1. The van der Waals surface area contributed by atoms with Crippen molar-refractivity contribution in [1.29, 1.82) is 0 Å². The van der Waals surface area contributed by atoms with Gasteiger partial charge in [0.15, 0.2) is 5.75 Å². The second-order valence-corrected chi connectivity index (χ2v) is 4.17. The van der Waals surface area contributed by atoms with Gasteiger partial charge in [0.2, 0.25) is 0 Å². The van der Waals surface area contributed by atoms with Crippen molar-refractivity contribution in [3.8, 4) is 5.75 Å². The Morgan fingerprint density at radius 1 is 1.41 bits per heavy atom. The molecule has 0 unspecified atom stereocenters. The van der Waals surface area contributed by atoms with Crippen LogP contribution >= 0.6 is 0 Å². The Kier molecular flexibility index (Phi) is 4.90. The van der Waals surface area contributed by atoms with Crippen LogP contribution in [0.4, 0.5) is 5.69 Å². The van der Waals surface area contributed by atoms with Gasteiger partial charge in [-0.25, -0.2) is 0 Å². The fraction of sp³-hybridized carbons (Fsp3) is 0.500. The number of hydrogen-bond acceptors (Lipinski definition) is 4. The molecule has 0 aromatic heterocycles. The third-order valence-corrected chi connectivity index (χ3v) is 2.16. The van der Waals surface area contributed by atoms with Crippen molar-refractivity contribution in [3.05, 3.63) is 33.9 Å². The number of nitro groups is 1. The van der Waals surface area contributed by atoms with Crippen LogP contribution in [-0.4, -0.2) is 18.6 Å². The summed E-state index contributed by atoms with van der Waals surface area (Å²) in [6, 6.07) is 4.84. The molecule has 0 aliphatic heterocycles. The van der Waals surface area contributed by atoms with Crippen molar-refractivity contribution in [1.82, 2.24) is 0 Å². The normalized spacial score (nSPS) is 10.6. The molecule has 0 amide bonds. The number of methoxy groups -OCH3 is 1. The van der Waals surface area contributed by atoms with Gasteiger partial charge >= 0.3 is 5.69 Å². The van der Waals surface area contributed by atoms with Crippen LogP contribution in [0.5, 0.6) is 5.75 Å². The van der Waals surface area contributed by atoms with Gasteiger partial charge in [-0.1, -0.05) is 19.9 Å². The molecular weight excluding hydrogens is 222 g/mol. The average Bonchev–Trinajstić information content (AvgIpc) is 2.28. The second-order valence-electron chi connectivity index (χ2n) is 4.17. The third kappa shape index (κ3) is 4.03. The first kappa shape index (κ1) is 13.4. The maximum absolute atomic E-state index is 10.8. The van der Waals surface area contributed by atoms with E-state index in [0.717, 1.165) is 5.56 Å². The molecular formula is C12H17NO4. The summed E-state index contributed by atoms with van der Waals surface area (Å²) in [6.45, 7) is 5.12. The standard InChI is InChI=1S/C12H17NO4/c1-9(2)7-17-8-10-4-5-12(16-3)11(6-10)13(14)15/h4-6,9H,7-8H2,1-3H3. The molecule has 1 aromatic carbocycles. The Bertz CT molecular complexity index is 390. The average molecular weight is 239 g/mol. The predicted molar refractivity (Wildman–Crippen MR) is 64.1 cm³/mol. The summed E-state index contributed by atoms with van der Waals surface area (Å²) in [6.07, 6.45) is 0. The molecule has 1 aromatic rings. The van der Waals surface area contributed by atoms with Gasteiger partial charge in [0, 0.05) is 12.7 Å². The van der Waals surface area contributed by atoms with Crippen LogP contribution in [0.1, 0.15) is 19.4 Å². The highest BCUT2D eigenvalue weighted by atomic mass is 16.6. The van der Waals surface area contributed by atoms with Crippen molar-refractivity contribution >= 4 is 5.69 Å². The number of ether oxygens (including phenoxy) is 2. The Morgan fingerprint density at radius 3 is 2.65 bits per heavy atom. The highest BCUT2D eigenvalue weighted by Crippen LogP contribution is 2.27. The maximum atomic E-state index is 10.8. The van der Waals surface area contributed by atoms with Gasteiger partial charge in [0.05, 0.1) is 18.6 Å². The van der Waals surface area contributed by atoms with E-state index < -0.39 is 4.92 Å². The summed E-state index contributed by atoms with van der Waals surface area (Å²) in [4.78, 5) is 10.3. The van der Waals surface area contributed by atoms with Crippen LogP contribution < -0.4 is 4.74 Å². The van der Waals surface area contributed by atoms with Crippen LogP contribution in [0.2, 0.25) is 0 Å². The zero-order chi connectivity index (χ0) is 12.8. The molecule has 5 nitrogen and oxygen atoms in total.